The second kappa shape index (κ2) is 5.19. The molecule has 2 heterocycles. The van der Waals surface area contributed by atoms with Crippen molar-refractivity contribution in [3.8, 4) is 0 Å². The lowest BCUT2D eigenvalue weighted by Crippen LogP contribution is -2.39. The Labute approximate surface area is 97.9 Å². The zero-order valence-corrected chi connectivity index (χ0v) is 10.2. The van der Waals surface area contributed by atoms with Crippen molar-refractivity contribution in [2.45, 2.75) is 38.6 Å². The summed E-state index contributed by atoms with van der Waals surface area (Å²) in [4.78, 5) is 6.81. The number of anilines is 2. The third-order valence-electron chi connectivity index (χ3n) is 3.44. The van der Waals surface area contributed by atoms with Crippen LogP contribution in [0.5, 0.6) is 0 Å². The van der Waals surface area contributed by atoms with E-state index in [0.29, 0.717) is 6.04 Å². The summed E-state index contributed by atoms with van der Waals surface area (Å²) in [6, 6.07) is 2.89. The summed E-state index contributed by atoms with van der Waals surface area (Å²) >= 11 is 0. The highest BCUT2D eigenvalue weighted by molar-refractivity contribution is 5.56. The normalized spacial score (nSPS) is 20.9. The molecule has 1 atom stereocenters. The zero-order valence-electron chi connectivity index (χ0n) is 10.2. The molecule has 0 aromatic carbocycles. The van der Waals surface area contributed by atoms with E-state index in [1.807, 2.05) is 19.4 Å². The molecule has 0 saturated carbocycles. The average molecular weight is 219 g/mol. The van der Waals surface area contributed by atoms with Crippen LogP contribution in [0.4, 0.5) is 11.4 Å². The lowest BCUT2D eigenvalue weighted by Gasteiger charge is -2.37. The van der Waals surface area contributed by atoms with Gasteiger partial charge in [0.15, 0.2) is 0 Å². The highest BCUT2D eigenvalue weighted by atomic mass is 15.2. The van der Waals surface area contributed by atoms with Gasteiger partial charge in [0.1, 0.15) is 0 Å². The largest absolute Gasteiger partial charge is 0.387 e. The van der Waals surface area contributed by atoms with Crippen LogP contribution in [0.25, 0.3) is 0 Å². The monoisotopic (exact) mass is 219 g/mol. The van der Waals surface area contributed by atoms with Crippen LogP contribution in [0.2, 0.25) is 0 Å². The van der Waals surface area contributed by atoms with E-state index in [2.05, 4.69) is 28.2 Å². The van der Waals surface area contributed by atoms with Crippen molar-refractivity contribution >= 4 is 11.4 Å². The molecule has 3 nitrogen and oxygen atoms in total. The molecule has 1 fully saturated rings. The molecule has 0 radical (unpaired) electrons. The van der Waals surface area contributed by atoms with Crippen LogP contribution < -0.4 is 10.2 Å². The Morgan fingerprint density at radius 2 is 2.31 bits per heavy atom. The molecule has 1 N–H and O–H groups in total. The van der Waals surface area contributed by atoms with Crippen molar-refractivity contribution in [2.75, 3.05) is 23.8 Å². The molecule has 0 bridgehead atoms. The van der Waals surface area contributed by atoms with Crippen LogP contribution >= 0.6 is 0 Å². The molecule has 0 amide bonds. The maximum Gasteiger partial charge on any atom is 0.0575 e. The summed E-state index contributed by atoms with van der Waals surface area (Å²) in [6.45, 7) is 3.45. The molecule has 3 heteroatoms. The molecule has 16 heavy (non-hydrogen) atoms. The van der Waals surface area contributed by atoms with Crippen LogP contribution in [0.15, 0.2) is 18.5 Å². The predicted molar refractivity (Wildman–Crippen MR) is 69.1 cm³/mol. The van der Waals surface area contributed by atoms with Gasteiger partial charge in [0.05, 0.1) is 23.8 Å². The van der Waals surface area contributed by atoms with Crippen LogP contribution in [-0.4, -0.2) is 24.6 Å². The Balaban J connectivity index is 2.20. The number of nitrogens with zero attached hydrogens (tertiary/aromatic N) is 2. The third-order valence-corrected chi connectivity index (χ3v) is 3.44. The lowest BCUT2D eigenvalue weighted by molar-refractivity contribution is 0.449. The van der Waals surface area contributed by atoms with Crippen LogP contribution in [-0.2, 0) is 0 Å². The predicted octanol–water partition coefficient (Wildman–Crippen LogP) is 2.89. The van der Waals surface area contributed by atoms with Crippen molar-refractivity contribution in [3.63, 3.8) is 0 Å². The molecule has 0 aliphatic carbocycles. The summed E-state index contributed by atoms with van der Waals surface area (Å²) in [5, 5.41) is 3.15. The Bertz CT molecular complexity index is 338. The van der Waals surface area contributed by atoms with Gasteiger partial charge < -0.3 is 10.2 Å². The topological polar surface area (TPSA) is 28.2 Å². The summed E-state index contributed by atoms with van der Waals surface area (Å²) < 4.78 is 0. The fourth-order valence-corrected chi connectivity index (χ4v) is 2.49. The number of aromatic nitrogens is 1. The Morgan fingerprint density at radius 3 is 3.06 bits per heavy atom. The number of nitrogens with one attached hydrogen (secondary N) is 1. The van der Waals surface area contributed by atoms with Gasteiger partial charge in [-0.05, 0) is 31.7 Å². The third kappa shape index (κ3) is 2.29. The minimum absolute atomic E-state index is 0.697. The van der Waals surface area contributed by atoms with E-state index in [9.17, 15) is 0 Å². The Morgan fingerprint density at radius 1 is 1.44 bits per heavy atom. The van der Waals surface area contributed by atoms with E-state index in [-0.39, 0.29) is 0 Å². The number of piperidine rings is 1. The average Bonchev–Trinajstić information content (AvgIpc) is 2.38. The minimum Gasteiger partial charge on any atom is -0.387 e. The summed E-state index contributed by atoms with van der Waals surface area (Å²) in [5.74, 6) is 0. The van der Waals surface area contributed by atoms with Gasteiger partial charge in [-0.15, -0.1) is 0 Å². The molecule has 0 spiro atoms. The zero-order chi connectivity index (χ0) is 11.4. The molecule has 1 aromatic rings. The van der Waals surface area contributed by atoms with Crippen molar-refractivity contribution in [3.05, 3.63) is 18.5 Å². The van der Waals surface area contributed by atoms with Gasteiger partial charge >= 0.3 is 0 Å². The molecule has 1 aliphatic rings. The highest BCUT2D eigenvalue weighted by Crippen LogP contribution is 2.27. The maximum atomic E-state index is 4.30. The summed E-state index contributed by atoms with van der Waals surface area (Å²) in [6.07, 6.45) is 9.07. The molecule has 1 saturated heterocycles. The number of hydrogen-bond donors (Lipinski definition) is 1. The first-order chi connectivity index (χ1) is 7.85. The van der Waals surface area contributed by atoms with Crippen molar-refractivity contribution < 1.29 is 0 Å². The van der Waals surface area contributed by atoms with Crippen molar-refractivity contribution in [2.24, 2.45) is 0 Å². The van der Waals surface area contributed by atoms with Gasteiger partial charge in [0.2, 0.25) is 0 Å². The van der Waals surface area contributed by atoms with E-state index in [1.54, 1.807) is 0 Å². The fraction of sp³-hybridized carbons (Fsp3) is 0.615. The summed E-state index contributed by atoms with van der Waals surface area (Å²) in [7, 11) is 1.94. The van der Waals surface area contributed by atoms with Crippen LogP contribution in [0.3, 0.4) is 0 Å². The van der Waals surface area contributed by atoms with E-state index < -0.39 is 0 Å². The maximum absolute atomic E-state index is 4.30. The van der Waals surface area contributed by atoms with Gasteiger partial charge in [0.25, 0.3) is 0 Å². The highest BCUT2D eigenvalue weighted by Gasteiger charge is 2.21. The van der Waals surface area contributed by atoms with Crippen molar-refractivity contribution in [1.82, 2.24) is 4.98 Å². The quantitative estimate of drug-likeness (QED) is 0.847. The Hall–Kier alpha value is -1.25. The first kappa shape index (κ1) is 11.2. The second-order valence-corrected chi connectivity index (χ2v) is 4.43. The molecular weight excluding hydrogens is 198 g/mol. The molecule has 1 unspecified atom stereocenters. The first-order valence-electron chi connectivity index (χ1n) is 6.24. The van der Waals surface area contributed by atoms with Crippen LogP contribution in [0, 0.1) is 0 Å². The lowest BCUT2D eigenvalue weighted by atomic mass is 9.99. The minimum atomic E-state index is 0.697. The van der Waals surface area contributed by atoms with E-state index in [1.165, 1.54) is 37.9 Å². The fourth-order valence-electron chi connectivity index (χ4n) is 2.49. The molecular formula is C13H21N3. The van der Waals surface area contributed by atoms with Gasteiger partial charge in [-0.1, -0.05) is 6.92 Å². The number of hydrogen-bond acceptors (Lipinski definition) is 3. The molecule has 1 aliphatic heterocycles. The van der Waals surface area contributed by atoms with Gasteiger partial charge in [-0.2, -0.15) is 0 Å². The van der Waals surface area contributed by atoms with Gasteiger partial charge in [0, 0.05) is 19.6 Å². The van der Waals surface area contributed by atoms with E-state index in [4.69, 9.17) is 0 Å². The molecule has 2 rings (SSSR count). The van der Waals surface area contributed by atoms with E-state index in [0.717, 1.165) is 5.69 Å². The van der Waals surface area contributed by atoms with Gasteiger partial charge in [-0.25, -0.2) is 0 Å². The number of rotatable bonds is 3. The summed E-state index contributed by atoms with van der Waals surface area (Å²) in [5.41, 5.74) is 2.36. The molecule has 1 aromatic heterocycles. The van der Waals surface area contributed by atoms with E-state index >= 15 is 0 Å². The smallest absolute Gasteiger partial charge is 0.0575 e. The standard InChI is InChI=1S/C13H21N3/c1-3-12-6-4-5-7-16(12)13-8-11(14-2)9-15-10-13/h8-10,12,14H,3-7H2,1-2H3. The second-order valence-electron chi connectivity index (χ2n) is 4.43. The Kier molecular flexibility index (Phi) is 3.65. The first-order valence-corrected chi connectivity index (χ1v) is 6.24. The SMILES string of the molecule is CCC1CCCCN1c1cncc(NC)c1. The van der Waals surface area contributed by atoms with Gasteiger partial charge in [-0.3, -0.25) is 4.98 Å². The van der Waals surface area contributed by atoms with Crippen molar-refractivity contribution in [1.29, 1.82) is 0 Å². The van der Waals surface area contributed by atoms with Crippen LogP contribution in [0.1, 0.15) is 32.6 Å². The molecule has 88 valence electrons. The number of pyridine rings is 1.